The van der Waals surface area contributed by atoms with Gasteiger partial charge in [-0.1, -0.05) is 27.7 Å². The Kier molecular flexibility index (Phi) is 7.23. The van der Waals surface area contributed by atoms with Gasteiger partial charge in [0.15, 0.2) is 5.65 Å². The van der Waals surface area contributed by atoms with E-state index in [1.54, 1.807) is 0 Å². The summed E-state index contributed by atoms with van der Waals surface area (Å²) in [6, 6.07) is 9.21. The van der Waals surface area contributed by atoms with Crippen LogP contribution in [0.4, 0.5) is 0 Å². The largest absolute Gasteiger partial charge is 0.381 e. The molecule has 38 heavy (non-hydrogen) atoms. The first kappa shape index (κ1) is 25.5. The van der Waals surface area contributed by atoms with Crippen LogP contribution in [0.2, 0.25) is 0 Å². The zero-order chi connectivity index (χ0) is 26.2. The van der Waals surface area contributed by atoms with Crippen LogP contribution in [0.25, 0.3) is 22.1 Å². The SMILES string of the molecule is CC(C)c1cn(CCN2CCCC(c3ccc4c(C(C)C)nn(C5CCOCC5)c4n3)C2)c2ncccc12. The molecule has 0 aliphatic carbocycles. The summed E-state index contributed by atoms with van der Waals surface area (Å²) in [4.78, 5) is 12.7. The molecule has 0 aromatic carbocycles. The number of fused-ring (bicyclic) bond motifs is 2. The fourth-order valence-electron chi connectivity index (χ4n) is 6.42. The number of pyridine rings is 2. The first-order chi connectivity index (χ1) is 18.5. The Bertz CT molecular complexity index is 1400. The summed E-state index contributed by atoms with van der Waals surface area (Å²) in [6.45, 7) is 14.8. The lowest BCUT2D eigenvalue weighted by Crippen LogP contribution is -2.36. The molecule has 2 aliphatic rings. The maximum absolute atomic E-state index is 5.64. The molecule has 0 radical (unpaired) electrons. The fourth-order valence-corrected chi connectivity index (χ4v) is 6.42. The molecule has 0 spiro atoms. The first-order valence-corrected chi connectivity index (χ1v) is 14.6. The van der Waals surface area contributed by atoms with Crippen LogP contribution in [-0.4, -0.2) is 62.1 Å². The summed E-state index contributed by atoms with van der Waals surface area (Å²) in [5, 5.41) is 7.60. The topological polar surface area (TPSA) is 61.0 Å². The summed E-state index contributed by atoms with van der Waals surface area (Å²) in [7, 11) is 0. The minimum absolute atomic E-state index is 0.380. The van der Waals surface area contributed by atoms with Crippen molar-refractivity contribution >= 4 is 22.1 Å². The standard InChI is InChI=1S/C31H42N6O/c1-21(2)27-20-36(30-25(27)8-5-13-32-30)16-15-35-14-6-7-23(19-35)28-10-9-26-29(22(3)4)34-37(31(26)33-28)24-11-17-38-18-12-24/h5,8-10,13,20-24H,6-7,11-12,14-19H2,1-4H3. The highest BCUT2D eigenvalue weighted by molar-refractivity contribution is 5.81. The fraction of sp³-hybridized carbons (Fsp3) is 0.581. The maximum Gasteiger partial charge on any atom is 0.158 e. The molecular weight excluding hydrogens is 472 g/mol. The van der Waals surface area contributed by atoms with Gasteiger partial charge in [-0.25, -0.2) is 14.6 Å². The molecule has 2 saturated heterocycles. The van der Waals surface area contributed by atoms with Crippen molar-refractivity contribution in [2.24, 2.45) is 0 Å². The predicted octanol–water partition coefficient (Wildman–Crippen LogP) is 6.26. The number of rotatable bonds is 7. The van der Waals surface area contributed by atoms with E-state index >= 15 is 0 Å². The van der Waals surface area contributed by atoms with Crippen LogP contribution in [0.5, 0.6) is 0 Å². The smallest absolute Gasteiger partial charge is 0.158 e. The van der Waals surface area contributed by atoms with E-state index in [9.17, 15) is 0 Å². The average Bonchev–Trinajstić information content (AvgIpc) is 3.51. The van der Waals surface area contributed by atoms with Crippen LogP contribution in [0.1, 0.15) is 94.1 Å². The minimum Gasteiger partial charge on any atom is -0.381 e. The minimum atomic E-state index is 0.380. The number of aromatic nitrogens is 5. The van der Waals surface area contributed by atoms with Crippen molar-refractivity contribution in [3.8, 4) is 0 Å². The second kappa shape index (κ2) is 10.8. The third kappa shape index (κ3) is 4.87. The lowest BCUT2D eigenvalue weighted by Gasteiger charge is -2.32. The van der Waals surface area contributed by atoms with Crippen LogP contribution in [0.3, 0.4) is 0 Å². The van der Waals surface area contributed by atoms with Crippen molar-refractivity contribution in [1.82, 2.24) is 29.2 Å². The van der Waals surface area contributed by atoms with Gasteiger partial charge in [-0.15, -0.1) is 0 Å². The molecule has 7 heteroatoms. The molecule has 2 fully saturated rings. The highest BCUT2D eigenvalue weighted by Crippen LogP contribution is 2.33. The summed E-state index contributed by atoms with van der Waals surface area (Å²) < 4.78 is 10.2. The highest BCUT2D eigenvalue weighted by atomic mass is 16.5. The van der Waals surface area contributed by atoms with E-state index in [1.165, 1.54) is 40.6 Å². The van der Waals surface area contributed by atoms with Gasteiger partial charge in [0.05, 0.1) is 11.7 Å². The normalized spacial score (nSPS) is 19.9. The molecule has 0 N–H and O–H groups in total. The molecule has 0 saturated carbocycles. The van der Waals surface area contributed by atoms with Gasteiger partial charge in [0.2, 0.25) is 0 Å². The van der Waals surface area contributed by atoms with E-state index in [2.05, 4.69) is 72.3 Å². The van der Waals surface area contributed by atoms with E-state index in [0.717, 1.165) is 63.5 Å². The lowest BCUT2D eigenvalue weighted by atomic mass is 9.94. The predicted molar refractivity (Wildman–Crippen MR) is 153 cm³/mol. The third-order valence-electron chi connectivity index (χ3n) is 8.56. The van der Waals surface area contributed by atoms with Crippen LogP contribution < -0.4 is 0 Å². The van der Waals surface area contributed by atoms with Gasteiger partial charge in [0.25, 0.3) is 0 Å². The molecule has 0 bridgehead atoms. The molecule has 1 unspecified atom stereocenters. The number of ether oxygens (including phenoxy) is 1. The molecular formula is C31H42N6O. The molecule has 6 rings (SSSR count). The van der Waals surface area contributed by atoms with Gasteiger partial charge in [-0.2, -0.15) is 5.10 Å². The second-order valence-electron chi connectivity index (χ2n) is 11.9. The quantitative estimate of drug-likeness (QED) is 0.291. The van der Waals surface area contributed by atoms with Crippen molar-refractivity contribution in [3.05, 3.63) is 53.6 Å². The van der Waals surface area contributed by atoms with Crippen molar-refractivity contribution in [2.45, 2.75) is 83.7 Å². The molecule has 4 aromatic rings. The zero-order valence-corrected chi connectivity index (χ0v) is 23.4. The third-order valence-corrected chi connectivity index (χ3v) is 8.56. The molecule has 7 nitrogen and oxygen atoms in total. The molecule has 0 amide bonds. The van der Waals surface area contributed by atoms with E-state index < -0.39 is 0 Å². The summed E-state index contributed by atoms with van der Waals surface area (Å²) in [5.41, 5.74) is 5.97. The maximum atomic E-state index is 5.64. The Morgan fingerprint density at radius 1 is 0.947 bits per heavy atom. The van der Waals surface area contributed by atoms with Crippen molar-refractivity contribution in [1.29, 1.82) is 0 Å². The van der Waals surface area contributed by atoms with Gasteiger partial charge in [0, 0.05) is 67.6 Å². The number of hydrogen-bond donors (Lipinski definition) is 0. The van der Waals surface area contributed by atoms with E-state index in [4.69, 9.17) is 19.8 Å². The molecule has 202 valence electrons. The first-order valence-electron chi connectivity index (χ1n) is 14.6. The molecule has 2 aliphatic heterocycles. The van der Waals surface area contributed by atoms with E-state index in [-0.39, 0.29) is 0 Å². The Balaban J connectivity index is 1.21. The van der Waals surface area contributed by atoms with E-state index in [0.29, 0.717) is 23.8 Å². The Labute approximate surface area is 226 Å². The van der Waals surface area contributed by atoms with Crippen LogP contribution in [0, 0.1) is 0 Å². The molecule has 1 atom stereocenters. The van der Waals surface area contributed by atoms with Gasteiger partial charge >= 0.3 is 0 Å². The van der Waals surface area contributed by atoms with E-state index in [1.807, 2.05) is 6.20 Å². The number of likely N-dealkylation sites (tertiary alicyclic amines) is 1. The van der Waals surface area contributed by atoms with Crippen molar-refractivity contribution in [2.75, 3.05) is 32.8 Å². The van der Waals surface area contributed by atoms with Gasteiger partial charge < -0.3 is 14.2 Å². The molecule has 6 heterocycles. The van der Waals surface area contributed by atoms with Crippen LogP contribution in [-0.2, 0) is 11.3 Å². The van der Waals surface area contributed by atoms with Crippen LogP contribution >= 0.6 is 0 Å². The monoisotopic (exact) mass is 514 g/mol. The second-order valence-corrected chi connectivity index (χ2v) is 11.9. The summed E-state index contributed by atoms with van der Waals surface area (Å²) in [5.74, 6) is 1.33. The highest BCUT2D eigenvalue weighted by Gasteiger charge is 2.26. The van der Waals surface area contributed by atoms with Crippen molar-refractivity contribution < 1.29 is 4.74 Å². The van der Waals surface area contributed by atoms with Crippen LogP contribution in [0.15, 0.2) is 36.7 Å². The number of nitrogens with zero attached hydrogens (tertiary/aromatic N) is 6. The Hall–Kier alpha value is -2.77. The zero-order valence-electron chi connectivity index (χ0n) is 23.4. The summed E-state index contributed by atoms with van der Waals surface area (Å²) in [6.07, 6.45) is 8.67. The van der Waals surface area contributed by atoms with Gasteiger partial charge in [-0.3, -0.25) is 0 Å². The Morgan fingerprint density at radius 3 is 2.58 bits per heavy atom. The summed E-state index contributed by atoms with van der Waals surface area (Å²) >= 11 is 0. The molecule has 4 aromatic heterocycles. The number of hydrogen-bond acceptors (Lipinski definition) is 5. The van der Waals surface area contributed by atoms with Gasteiger partial charge in [0.1, 0.15) is 5.65 Å². The average molecular weight is 515 g/mol. The Morgan fingerprint density at radius 2 is 1.79 bits per heavy atom. The number of piperidine rings is 1. The van der Waals surface area contributed by atoms with Crippen molar-refractivity contribution in [3.63, 3.8) is 0 Å². The lowest BCUT2D eigenvalue weighted by molar-refractivity contribution is 0.0671. The van der Waals surface area contributed by atoms with Gasteiger partial charge in [-0.05, 0) is 73.9 Å².